The minimum atomic E-state index is -0.834. The zero-order valence-electron chi connectivity index (χ0n) is 12.7. The van der Waals surface area contributed by atoms with Crippen molar-refractivity contribution in [2.45, 2.75) is 32.9 Å². The summed E-state index contributed by atoms with van der Waals surface area (Å²) >= 11 is 1.48. The molecule has 0 bridgehead atoms. The van der Waals surface area contributed by atoms with Crippen molar-refractivity contribution in [3.8, 4) is 10.4 Å². The van der Waals surface area contributed by atoms with Crippen molar-refractivity contribution in [3.05, 3.63) is 47.1 Å². The van der Waals surface area contributed by atoms with E-state index in [9.17, 15) is 14.3 Å². The molecule has 0 aliphatic rings. The fourth-order valence-corrected chi connectivity index (χ4v) is 3.23. The number of aliphatic carboxylic acids is 1. The molecule has 0 radical (unpaired) electrons. The fourth-order valence-electron chi connectivity index (χ4n) is 2.25. The molecule has 118 valence electrons. The molecule has 0 aliphatic carbocycles. The van der Waals surface area contributed by atoms with Crippen molar-refractivity contribution in [3.63, 3.8) is 0 Å². The molecule has 1 aromatic carbocycles. The van der Waals surface area contributed by atoms with Crippen molar-refractivity contribution in [2.75, 3.05) is 0 Å². The van der Waals surface area contributed by atoms with Gasteiger partial charge in [-0.15, -0.1) is 11.3 Å². The second-order valence-electron chi connectivity index (χ2n) is 5.65. The maximum absolute atomic E-state index is 13.8. The summed E-state index contributed by atoms with van der Waals surface area (Å²) in [5.41, 5.74) is 0.579. The van der Waals surface area contributed by atoms with Gasteiger partial charge in [0, 0.05) is 21.9 Å². The molecular weight excluding hydrogens is 301 g/mol. The second kappa shape index (κ2) is 7.51. The maximum atomic E-state index is 13.8. The fraction of sp³-hybridized carbons (Fsp3) is 0.353. The molecular formula is C17H20FNO2S. The monoisotopic (exact) mass is 321 g/mol. The van der Waals surface area contributed by atoms with E-state index in [1.165, 1.54) is 17.4 Å². The highest BCUT2D eigenvalue weighted by Gasteiger charge is 2.18. The Morgan fingerprint density at radius 3 is 2.64 bits per heavy atom. The molecule has 0 saturated carbocycles. The zero-order chi connectivity index (χ0) is 16.1. The summed E-state index contributed by atoms with van der Waals surface area (Å²) in [7, 11) is 0. The Morgan fingerprint density at radius 2 is 2.00 bits per heavy atom. The quantitative estimate of drug-likeness (QED) is 0.805. The molecule has 0 unspecified atom stereocenters. The SMILES string of the molecule is CC(C)C[C@H](NCc1ccc(-c2ccccc2F)s1)C(=O)O. The maximum Gasteiger partial charge on any atom is 0.320 e. The van der Waals surface area contributed by atoms with Crippen LogP contribution in [0.1, 0.15) is 25.1 Å². The lowest BCUT2D eigenvalue weighted by Crippen LogP contribution is -2.37. The first kappa shape index (κ1) is 16.6. The number of hydrogen-bond acceptors (Lipinski definition) is 3. The Hall–Kier alpha value is -1.72. The predicted octanol–water partition coefficient (Wildman–Crippen LogP) is 4.14. The van der Waals surface area contributed by atoms with E-state index < -0.39 is 12.0 Å². The minimum Gasteiger partial charge on any atom is -0.480 e. The van der Waals surface area contributed by atoms with E-state index in [1.807, 2.05) is 26.0 Å². The highest BCUT2D eigenvalue weighted by atomic mass is 32.1. The number of halogens is 1. The molecule has 2 N–H and O–H groups in total. The Bertz CT molecular complexity index is 639. The molecule has 1 aromatic heterocycles. The molecule has 5 heteroatoms. The number of nitrogens with one attached hydrogen (secondary N) is 1. The van der Waals surface area contributed by atoms with Crippen LogP contribution in [0, 0.1) is 11.7 Å². The van der Waals surface area contributed by atoms with Crippen LogP contribution in [0.25, 0.3) is 10.4 Å². The molecule has 3 nitrogen and oxygen atoms in total. The summed E-state index contributed by atoms with van der Waals surface area (Å²) in [5.74, 6) is -0.766. The smallest absolute Gasteiger partial charge is 0.320 e. The van der Waals surface area contributed by atoms with Gasteiger partial charge < -0.3 is 5.11 Å². The average Bonchev–Trinajstić information content (AvgIpc) is 2.92. The average molecular weight is 321 g/mol. The van der Waals surface area contributed by atoms with Crippen LogP contribution in [0.3, 0.4) is 0 Å². The van der Waals surface area contributed by atoms with Gasteiger partial charge in [0.1, 0.15) is 11.9 Å². The van der Waals surface area contributed by atoms with Crippen molar-refractivity contribution in [1.82, 2.24) is 5.32 Å². The highest BCUT2D eigenvalue weighted by Crippen LogP contribution is 2.30. The normalized spacial score (nSPS) is 12.5. The van der Waals surface area contributed by atoms with Crippen molar-refractivity contribution < 1.29 is 14.3 Å². The second-order valence-corrected chi connectivity index (χ2v) is 6.82. The first-order valence-corrected chi connectivity index (χ1v) is 8.09. The van der Waals surface area contributed by atoms with Crippen LogP contribution in [0.4, 0.5) is 4.39 Å². The van der Waals surface area contributed by atoms with Crippen LogP contribution in [0.5, 0.6) is 0 Å². The largest absolute Gasteiger partial charge is 0.480 e. The van der Waals surface area contributed by atoms with Gasteiger partial charge in [0.05, 0.1) is 0 Å². The molecule has 0 aliphatic heterocycles. The third kappa shape index (κ3) is 4.39. The van der Waals surface area contributed by atoms with E-state index in [0.717, 1.165) is 9.75 Å². The number of carboxylic acid groups (broad SMARTS) is 1. The lowest BCUT2D eigenvalue weighted by Gasteiger charge is -2.15. The molecule has 0 amide bonds. The molecule has 1 heterocycles. The lowest BCUT2D eigenvalue weighted by molar-refractivity contribution is -0.140. The number of thiophene rings is 1. The molecule has 0 saturated heterocycles. The van der Waals surface area contributed by atoms with Gasteiger partial charge >= 0.3 is 5.97 Å². The number of hydrogen-bond donors (Lipinski definition) is 2. The van der Waals surface area contributed by atoms with Gasteiger partial charge in [-0.25, -0.2) is 4.39 Å². The summed E-state index contributed by atoms with van der Waals surface area (Å²) in [6.45, 7) is 4.47. The summed E-state index contributed by atoms with van der Waals surface area (Å²) in [6.07, 6.45) is 0.584. The zero-order valence-corrected chi connectivity index (χ0v) is 13.5. The van der Waals surface area contributed by atoms with Gasteiger partial charge in [-0.1, -0.05) is 32.0 Å². The summed E-state index contributed by atoms with van der Waals surface area (Å²) in [6, 6.07) is 9.88. The van der Waals surface area contributed by atoms with Crippen LogP contribution < -0.4 is 5.32 Å². The van der Waals surface area contributed by atoms with Gasteiger partial charge in [0.15, 0.2) is 0 Å². The van der Waals surface area contributed by atoms with E-state index in [2.05, 4.69) is 5.32 Å². The molecule has 1 atom stereocenters. The third-order valence-electron chi connectivity index (χ3n) is 3.33. The van der Waals surface area contributed by atoms with Crippen LogP contribution in [-0.4, -0.2) is 17.1 Å². The van der Waals surface area contributed by atoms with Gasteiger partial charge in [-0.2, -0.15) is 0 Å². The highest BCUT2D eigenvalue weighted by molar-refractivity contribution is 7.15. The van der Waals surface area contributed by atoms with E-state index in [-0.39, 0.29) is 5.82 Å². The topological polar surface area (TPSA) is 49.3 Å². The number of rotatable bonds is 7. The first-order chi connectivity index (χ1) is 10.5. The Labute approximate surface area is 133 Å². The van der Waals surface area contributed by atoms with Crippen molar-refractivity contribution >= 4 is 17.3 Å². The molecule has 22 heavy (non-hydrogen) atoms. The Morgan fingerprint density at radius 1 is 1.27 bits per heavy atom. The van der Waals surface area contributed by atoms with Gasteiger partial charge in [0.2, 0.25) is 0 Å². The van der Waals surface area contributed by atoms with Gasteiger partial charge in [-0.3, -0.25) is 10.1 Å². The van der Waals surface area contributed by atoms with E-state index in [0.29, 0.717) is 24.4 Å². The summed E-state index contributed by atoms with van der Waals surface area (Å²) < 4.78 is 13.8. The number of carbonyl (C=O) groups is 1. The van der Waals surface area contributed by atoms with Crippen LogP contribution >= 0.6 is 11.3 Å². The molecule has 2 aromatic rings. The molecule has 0 spiro atoms. The minimum absolute atomic E-state index is 0.243. The predicted molar refractivity (Wildman–Crippen MR) is 87.4 cm³/mol. The van der Waals surface area contributed by atoms with Crippen LogP contribution in [0.2, 0.25) is 0 Å². The Balaban J connectivity index is 2.03. The summed E-state index contributed by atoms with van der Waals surface area (Å²) in [5, 5.41) is 12.3. The Kier molecular flexibility index (Phi) is 5.69. The standard InChI is InChI=1S/C17H20FNO2S/c1-11(2)9-15(17(20)21)19-10-12-7-8-16(22-12)13-5-3-4-6-14(13)18/h3-8,11,15,19H,9-10H2,1-2H3,(H,20,21)/t15-/m0/s1. The third-order valence-corrected chi connectivity index (χ3v) is 4.45. The molecule has 0 fully saturated rings. The summed E-state index contributed by atoms with van der Waals surface area (Å²) in [4.78, 5) is 13.1. The number of carboxylic acids is 1. The number of benzene rings is 1. The van der Waals surface area contributed by atoms with Crippen molar-refractivity contribution in [1.29, 1.82) is 0 Å². The van der Waals surface area contributed by atoms with Gasteiger partial charge in [0.25, 0.3) is 0 Å². The van der Waals surface area contributed by atoms with E-state index >= 15 is 0 Å². The van der Waals surface area contributed by atoms with E-state index in [1.54, 1.807) is 18.2 Å². The lowest BCUT2D eigenvalue weighted by atomic mass is 10.0. The van der Waals surface area contributed by atoms with Crippen LogP contribution in [-0.2, 0) is 11.3 Å². The first-order valence-electron chi connectivity index (χ1n) is 7.27. The van der Waals surface area contributed by atoms with Crippen molar-refractivity contribution in [2.24, 2.45) is 5.92 Å². The van der Waals surface area contributed by atoms with Gasteiger partial charge in [-0.05, 0) is 30.5 Å². The van der Waals surface area contributed by atoms with E-state index in [4.69, 9.17) is 0 Å². The molecule has 2 rings (SSSR count). The van der Waals surface area contributed by atoms with Crippen LogP contribution in [0.15, 0.2) is 36.4 Å².